The number of hydrogen-bond acceptors (Lipinski definition) is 3. The molecule has 3 heterocycles. The topological polar surface area (TPSA) is 41.6 Å². The average Bonchev–Trinajstić information content (AvgIpc) is 3.04. The predicted octanol–water partition coefficient (Wildman–Crippen LogP) is 4.49. The lowest BCUT2D eigenvalue weighted by Gasteiger charge is -1.95. The number of pyridine rings is 1. The van der Waals surface area contributed by atoms with Gasteiger partial charge in [0, 0.05) is 10.8 Å². The number of hydrogen-bond donors (Lipinski definition) is 1. The summed E-state index contributed by atoms with van der Waals surface area (Å²) in [6.45, 7) is 0. The van der Waals surface area contributed by atoms with E-state index in [9.17, 15) is 0 Å². The Morgan fingerprint density at radius 2 is 2.11 bits per heavy atom. The first-order valence-corrected chi connectivity index (χ1v) is 7.05. The van der Waals surface area contributed by atoms with Gasteiger partial charge in [0.2, 0.25) is 0 Å². The third kappa shape index (κ3) is 1.72. The summed E-state index contributed by atoms with van der Waals surface area (Å²) in [4.78, 5) is 13.4. The number of nitrogens with zero attached hydrogens (tertiary/aromatic N) is 2. The maximum Gasteiger partial charge on any atom is 0.148 e. The molecule has 1 aromatic carbocycles. The highest BCUT2D eigenvalue weighted by atomic mass is 35.5. The number of fused-ring (bicyclic) bond motifs is 3. The van der Waals surface area contributed by atoms with Crippen LogP contribution in [0.4, 0.5) is 0 Å². The summed E-state index contributed by atoms with van der Waals surface area (Å²) < 4.78 is 0. The quantitative estimate of drug-likeness (QED) is 0.560. The molecule has 0 spiro atoms. The van der Waals surface area contributed by atoms with Gasteiger partial charge in [-0.25, -0.2) is 4.98 Å². The zero-order chi connectivity index (χ0) is 12.8. The maximum absolute atomic E-state index is 5.96. The van der Waals surface area contributed by atoms with Crippen LogP contribution in [0.3, 0.4) is 0 Å². The molecular formula is C14H8ClN3S. The Morgan fingerprint density at radius 3 is 2.95 bits per heavy atom. The fourth-order valence-corrected chi connectivity index (χ4v) is 3.18. The molecule has 3 aromatic heterocycles. The van der Waals surface area contributed by atoms with Crippen LogP contribution < -0.4 is 0 Å². The van der Waals surface area contributed by atoms with Crippen molar-refractivity contribution in [1.82, 2.24) is 15.0 Å². The zero-order valence-corrected chi connectivity index (χ0v) is 11.3. The van der Waals surface area contributed by atoms with Crippen LogP contribution >= 0.6 is 22.9 Å². The van der Waals surface area contributed by atoms with E-state index >= 15 is 0 Å². The summed E-state index contributed by atoms with van der Waals surface area (Å²) in [5.74, 6) is 0.838. The lowest BCUT2D eigenvalue weighted by molar-refractivity contribution is 1.35. The van der Waals surface area contributed by atoms with E-state index < -0.39 is 0 Å². The van der Waals surface area contributed by atoms with Crippen LogP contribution in [0.5, 0.6) is 0 Å². The molecule has 0 unspecified atom stereocenters. The Morgan fingerprint density at radius 1 is 1.21 bits per heavy atom. The first-order valence-electron chi connectivity index (χ1n) is 5.79. The van der Waals surface area contributed by atoms with Gasteiger partial charge < -0.3 is 4.98 Å². The molecule has 19 heavy (non-hydrogen) atoms. The van der Waals surface area contributed by atoms with Gasteiger partial charge >= 0.3 is 0 Å². The minimum absolute atomic E-state index is 0.739. The van der Waals surface area contributed by atoms with Crippen molar-refractivity contribution in [2.45, 2.75) is 0 Å². The molecule has 0 aliphatic carbocycles. The molecule has 4 rings (SSSR count). The van der Waals surface area contributed by atoms with Gasteiger partial charge in [0.15, 0.2) is 0 Å². The second kappa shape index (κ2) is 4.05. The number of imidazole rings is 1. The maximum atomic E-state index is 5.96. The van der Waals surface area contributed by atoms with Crippen LogP contribution in [0.25, 0.3) is 32.6 Å². The van der Waals surface area contributed by atoms with Gasteiger partial charge in [-0.2, -0.15) is 0 Å². The lowest BCUT2D eigenvalue weighted by atomic mass is 10.2. The molecule has 3 nitrogen and oxygen atoms in total. The summed E-state index contributed by atoms with van der Waals surface area (Å²) in [6, 6.07) is 9.93. The molecular weight excluding hydrogens is 278 g/mol. The van der Waals surface area contributed by atoms with E-state index in [0.29, 0.717) is 0 Å². The monoisotopic (exact) mass is 285 g/mol. The van der Waals surface area contributed by atoms with Crippen molar-refractivity contribution in [1.29, 1.82) is 0 Å². The number of rotatable bonds is 1. The molecule has 4 aromatic rings. The SMILES string of the molecule is Clc1csc(-c2nc3c(cnc4ccccc43)[nH]2)c1. The Bertz CT molecular complexity index is 894. The molecule has 92 valence electrons. The summed E-state index contributed by atoms with van der Waals surface area (Å²) >= 11 is 7.54. The van der Waals surface area contributed by atoms with Crippen molar-refractivity contribution in [2.75, 3.05) is 0 Å². The highest BCUT2D eigenvalue weighted by Crippen LogP contribution is 2.30. The van der Waals surface area contributed by atoms with Crippen molar-refractivity contribution < 1.29 is 0 Å². The van der Waals surface area contributed by atoms with Crippen molar-refractivity contribution in [3.05, 3.63) is 46.9 Å². The fraction of sp³-hybridized carbons (Fsp3) is 0. The third-order valence-corrected chi connectivity index (χ3v) is 4.31. The number of aromatic nitrogens is 3. The molecule has 5 heteroatoms. The van der Waals surface area contributed by atoms with Gasteiger partial charge in [0.25, 0.3) is 0 Å². The lowest BCUT2D eigenvalue weighted by Crippen LogP contribution is -1.79. The molecule has 0 saturated heterocycles. The van der Waals surface area contributed by atoms with Gasteiger partial charge in [-0.05, 0) is 12.1 Å². The summed E-state index contributed by atoms with van der Waals surface area (Å²) in [7, 11) is 0. The van der Waals surface area contributed by atoms with Crippen LogP contribution in [0.15, 0.2) is 41.9 Å². The standard InChI is InChI=1S/C14H8ClN3S/c15-8-5-12(19-7-8)14-17-11-6-16-10-4-2-1-3-9(10)13(11)18-14/h1-7H,(H,17,18). The fourth-order valence-electron chi connectivity index (χ4n) is 2.16. The molecule has 0 radical (unpaired) electrons. The van der Waals surface area contributed by atoms with Gasteiger partial charge in [-0.3, -0.25) is 4.98 Å². The molecule has 0 saturated carbocycles. The van der Waals surface area contributed by atoms with Crippen molar-refractivity contribution in [3.63, 3.8) is 0 Å². The van der Waals surface area contributed by atoms with Crippen LogP contribution in [-0.2, 0) is 0 Å². The Hall–Kier alpha value is -1.91. The number of benzene rings is 1. The first-order chi connectivity index (χ1) is 9.31. The van der Waals surface area contributed by atoms with E-state index in [-0.39, 0.29) is 0 Å². The third-order valence-electron chi connectivity index (χ3n) is 3.02. The van der Waals surface area contributed by atoms with Gasteiger partial charge in [0.1, 0.15) is 5.82 Å². The largest absolute Gasteiger partial charge is 0.336 e. The Labute approximate surface area is 117 Å². The molecule has 1 N–H and O–H groups in total. The number of H-pyrrole nitrogens is 1. The summed E-state index contributed by atoms with van der Waals surface area (Å²) in [6.07, 6.45) is 1.82. The smallest absolute Gasteiger partial charge is 0.148 e. The molecule has 0 atom stereocenters. The van der Waals surface area contributed by atoms with Crippen LogP contribution in [0, 0.1) is 0 Å². The van der Waals surface area contributed by atoms with Crippen molar-refractivity contribution in [2.24, 2.45) is 0 Å². The molecule has 0 amide bonds. The molecule has 0 aliphatic rings. The van der Waals surface area contributed by atoms with Gasteiger partial charge in [-0.15, -0.1) is 11.3 Å². The number of halogens is 1. The van der Waals surface area contributed by atoms with E-state index in [1.807, 2.05) is 41.9 Å². The second-order valence-corrected chi connectivity index (χ2v) is 5.60. The number of thiophene rings is 1. The van der Waals surface area contributed by atoms with Crippen molar-refractivity contribution >= 4 is 44.9 Å². The van der Waals surface area contributed by atoms with E-state index in [0.717, 1.165) is 37.7 Å². The Kier molecular flexibility index (Phi) is 2.33. The second-order valence-electron chi connectivity index (χ2n) is 4.25. The number of nitrogens with one attached hydrogen (secondary N) is 1. The average molecular weight is 286 g/mol. The summed E-state index contributed by atoms with van der Waals surface area (Å²) in [5.41, 5.74) is 2.85. The molecule has 0 aliphatic heterocycles. The van der Waals surface area contributed by atoms with Crippen molar-refractivity contribution in [3.8, 4) is 10.7 Å². The normalized spacial score (nSPS) is 11.4. The van der Waals surface area contributed by atoms with Crippen LogP contribution in [0.1, 0.15) is 0 Å². The minimum atomic E-state index is 0.739. The molecule has 0 bridgehead atoms. The van der Waals surface area contributed by atoms with Gasteiger partial charge in [0.05, 0.1) is 32.6 Å². The van der Waals surface area contributed by atoms with E-state index in [1.54, 1.807) is 11.3 Å². The number of para-hydroxylation sites is 1. The van der Waals surface area contributed by atoms with Crippen LogP contribution in [-0.4, -0.2) is 15.0 Å². The van der Waals surface area contributed by atoms with Gasteiger partial charge in [-0.1, -0.05) is 29.8 Å². The highest BCUT2D eigenvalue weighted by molar-refractivity contribution is 7.14. The van der Waals surface area contributed by atoms with E-state index in [2.05, 4.69) is 15.0 Å². The predicted molar refractivity (Wildman–Crippen MR) is 79.7 cm³/mol. The number of aromatic amines is 1. The van der Waals surface area contributed by atoms with Crippen LogP contribution in [0.2, 0.25) is 5.02 Å². The molecule has 0 fully saturated rings. The zero-order valence-electron chi connectivity index (χ0n) is 9.72. The van der Waals surface area contributed by atoms with E-state index in [4.69, 9.17) is 11.6 Å². The first kappa shape index (κ1) is 11.0. The minimum Gasteiger partial charge on any atom is -0.336 e. The Balaban J connectivity index is 2.03. The summed E-state index contributed by atoms with van der Waals surface area (Å²) in [5, 5.41) is 3.70. The highest BCUT2D eigenvalue weighted by Gasteiger charge is 2.10. The van der Waals surface area contributed by atoms with E-state index in [1.165, 1.54) is 0 Å².